The Labute approximate surface area is 129 Å². The summed E-state index contributed by atoms with van der Waals surface area (Å²) in [4.78, 5) is 26.7. The largest absolute Gasteiger partial charge is 0.481 e. The zero-order valence-electron chi connectivity index (χ0n) is 12.4. The highest BCUT2D eigenvalue weighted by molar-refractivity contribution is 5.86. The summed E-state index contributed by atoms with van der Waals surface area (Å²) < 4.78 is 12.5. The van der Waals surface area contributed by atoms with Crippen LogP contribution in [0.25, 0.3) is 0 Å². The number of carboxylic acid groups (broad SMARTS) is 1. The molecule has 1 aromatic rings. The third-order valence-corrected chi connectivity index (χ3v) is 3.95. The number of hydrogen-bond acceptors (Lipinski definition) is 3. The Hall–Kier alpha value is -1.95. The molecular weight excluding hydrogens is 287 g/mol. The second-order valence-electron chi connectivity index (χ2n) is 5.40. The SMILES string of the molecule is O=C(O)CC1C(=O)N(CCF)CCN1CCc1ccccc1. The van der Waals surface area contributed by atoms with Gasteiger partial charge in [0.25, 0.3) is 0 Å². The molecule has 1 saturated heterocycles. The van der Waals surface area contributed by atoms with Gasteiger partial charge in [0.15, 0.2) is 0 Å². The number of rotatable bonds is 7. The number of piperazine rings is 1. The molecule has 0 spiro atoms. The number of nitrogens with zero attached hydrogens (tertiary/aromatic N) is 2. The number of aliphatic carboxylic acids is 1. The fourth-order valence-corrected chi connectivity index (χ4v) is 2.77. The molecule has 1 atom stereocenters. The molecule has 0 saturated carbocycles. The number of carbonyl (C=O) groups is 2. The Morgan fingerprint density at radius 3 is 2.59 bits per heavy atom. The molecule has 1 aromatic carbocycles. The average Bonchev–Trinajstić information content (AvgIpc) is 2.51. The smallest absolute Gasteiger partial charge is 0.305 e. The lowest BCUT2D eigenvalue weighted by Crippen LogP contribution is -2.58. The van der Waals surface area contributed by atoms with Gasteiger partial charge in [-0.25, -0.2) is 4.39 Å². The summed E-state index contributed by atoms with van der Waals surface area (Å²) in [5, 5.41) is 9.03. The summed E-state index contributed by atoms with van der Waals surface area (Å²) in [7, 11) is 0. The van der Waals surface area contributed by atoms with Crippen molar-refractivity contribution in [3.05, 3.63) is 35.9 Å². The van der Waals surface area contributed by atoms with Gasteiger partial charge in [0.2, 0.25) is 5.91 Å². The number of halogens is 1. The van der Waals surface area contributed by atoms with E-state index in [2.05, 4.69) is 0 Å². The molecule has 1 fully saturated rings. The molecule has 2 rings (SSSR count). The van der Waals surface area contributed by atoms with Crippen molar-refractivity contribution in [2.75, 3.05) is 32.9 Å². The molecule has 0 aromatic heterocycles. The molecule has 1 aliphatic heterocycles. The number of benzene rings is 1. The predicted octanol–water partition coefficient (Wildman–Crippen LogP) is 1.19. The van der Waals surface area contributed by atoms with E-state index in [0.29, 0.717) is 19.6 Å². The number of amides is 1. The summed E-state index contributed by atoms with van der Waals surface area (Å²) in [6, 6.07) is 9.17. The zero-order valence-corrected chi connectivity index (χ0v) is 12.4. The maximum atomic E-state index is 12.5. The van der Waals surface area contributed by atoms with Crippen LogP contribution in [-0.2, 0) is 16.0 Å². The van der Waals surface area contributed by atoms with Crippen LogP contribution in [0.1, 0.15) is 12.0 Å². The molecule has 120 valence electrons. The molecule has 22 heavy (non-hydrogen) atoms. The van der Waals surface area contributed by atoms with E-state index >= 15 is 0 Å². The van der Waals surface area contributed by atoms with Crippen LogP contribution in [0.15, 0.2) is 30.3 Å². The number of alkyl halides is 1. The molecule has 1 aliphatic rings. The van der Waals surface area contributed by atoms with E-state index < -0.39 is 18.7 Å². The van der Waals surface area contributed by atoms with Crippen LogP contribution in [0.5, 0.6) is 0 Å². The van der Waals surface area contributed by atoms with Gasteiger partial charge in [-0.2, -0.15) is 0 Å². The lowest BCUT2D eigenvalue weighted by Gasteiger charge is -2.39. The fraction of sp³-hybridized carbons (Fsp3) is 0.500. The monoisotopic (exact) mass is 308 g/mol. The van der Waals surface area contributed by atoms with Crippen molar-refractivity contribution in [1.82, 2.24) is 9.80 Å². The second-order valence-corrected chi connectivity index (χ2v) is 5.40. The first kappa shape index (κ1) is 16.4. The number of hydrogen-bond donors (Lipinski definition) is 1. The number of carbonyl (C=O) groups excluding carboxylic acids is 1. The van der Waals surface area contributed by atoms with Crippen LogP contribution in [0.4, 0.5) is 4.39 Å². The van der Waals surface area contributed by atoms with Crippen LogP contribution in [-0.4, -0.2) is 65.7 Å². The van der Waals surface area contributed by atoms with E-state index in [4.69, 9.17) is 5.11 Å². The zero-order chi connectivity index (χ0) is 15.9. The highest BCUT2D eigenvalue weighted by Gasteiger charge is 2.35. The summed E-state index contributed by atoms with van der Waals surface area (Å²) in [5.74, 6) is -1.29. The van der Waals surface area contributed by atoms with E-state index in [0.717, 1.165) is 12.0 Å². The van der Waals surface area contributed by atoms with Crippen LogP contribution in [0, 0.1) is 0 Å². The summed E-state index contributed by atoms with van der Waals surface area (Å²) in [6.45, 7) is 1.10. The topological polar surface area (TPSA) is 60.9 Å². The summed E-state index contributed by atoms with van der Waals surface area (Å²) >= 11 is 0. The normalized spacial score (nSPS) is 19.4. The Balaban J connectivity index is 2.01. The first-order chi connectivity index (χ1) is 10.6. The molecule has 1 amide bonds. The van der Waals surface area contributed by atoms with Crippen molar-refractivity contribution in [2.24, 2.45) is 0 Å². The molecule has 0 bridgehead atoms. The minimum Gasteiger partial charge on any atom is -0.481 e. The van der Waals surface area contributed by atoms with E-state index in [9.17, 15) is 14.0 Å². The van der Waals surface area contributed by atoms with Crippen molar-refractivity contribution in [2.45, 2.75) is 18.9 Å². The molecule has 5 nitrogen and oxygen atoms in total. The second kappa shape index (κ2) is 7.89. The molecule has 0 aliphatic carbocycles. The Morgan fingerprint density at radius 1 is 1.23 bits per heavy atom. The third kappa shape index (κ3) is 4.27. The highest BCUT2D eigenvalue weighted by Crippen LogP contribution is 2.16. The van der Waals surface area contributed by atoms with E-state index in [-0.39, 0.29) is 18.9 Å². The summed E-state index contributed by atoms with van der Waals surface area (Å²) in [6.07, 6.45) is 0.518. The quantitative estimate of drug-likeness (QED) is 0.822. The lowest BCUT2D eigenvalue weighted by molar-refractivity contribution is -0.149. The summed E-state index contributed by atoms with van der Waals surface area (Å²) in [5.41, 5.74) is 1.15. The first-order valence-corrected chi connectivity index (χ1v) is 7.46. The van der Waals surface area contributed by atoms with Gasteiger partial charge in [-0.3, -0.25) is 14.5 Å². The standard InChI is InChI=1S/C16H21FN2O3/c17-7-9-19-11-10-18(14(16(19)22)12-15(20)21)8-6-13-4-2-1-3-5-13/h1-5,14H,6-12H2,(H,20,21). The van der Waals surface area contributed by atoms with E-state index in [1.165, 1.54) is 4.90 Å². The Bertz CT molecular complexity index is 509. The van der Waals surface area contributed by atoms with Crippen LogP contribution < -0.4 is 0 Å². The van der Waals surface area contributed by atoms with Crippen molar-refractivity contribution >= 4 is 11.9 Å². The van der Waals surface area contributed by atoms with E-state index in [1.807, 2.05) is 35.2 Å². The molecule has 6 heteroatoms. The van der Waals surface area contributed by atoms with Gasteiger partial charge in [0, 0.05) is 26.2 Å². The van der Waals surface area contributed by atoms with Crippen LogP contribution >= 0.6 is 0 Å². The van der Waals surface area contributed by atoms with Crippen LogP contribution in [0.2, 0.25) is 0 Å². The fourth-order valence-electron chi connectivity index (χ4n) is 2.77. The maximum Gasteiger partial charge on any atom is 0.305 e. The minimum absolute atomic E-state index is 0.0431. The molecule has 0 radical (unpaired) electrons. The van der Waals surface area contributed by atoms with Crippen molar-refractivity contribution in [3.63, 3.8) is 0 Å². The van der Waals surface area contributed by atoms with Gasteiger partial charge < -0.3 is 10.0 Å². The molecule has 1 heterocycles. The third-order valence-electron chi connectivity index (χ3n) is 3.95. The minimum atomic E-state index is -1.01. The van der Waals surface area contributed by atoms with Gasteiger partial charge in [-0.1, -0.05) is 30.3 Å². The van der Waals surface area contributed by atoms with Crippen molar-refractivity contribution < 1.29 is 19.1 Å². The van der Waals surface area contributed by atoms with E-state index in [1.54, 1.807) is 0 Å². The van der Waals surface area contributed by atoms with Gasteiger partial charge in [0.05, 0.1) is 12.5 Å². The highest BCUT2D eigenvalue weighted by atomic mass is 19.1. The Morgan fingerprint density at radius 2 is 1.95 bits per heavy atom. The average molecular weight is 308 g/mol. The molecule has 1 N–H and O–H groups in total. The van der Waals surface area contributed by atoms with Gasteiger partial charge in [-0.05, 0) is 12.0 Å². The van der Waals surface area contributed by atoms with Gasteiger partial charge in [0.1, 0.15) is 6.67 Å². The van der Waals surface area contributed by atoms with Crippen LogP contribution in [0.3, 0.4) is 0 Å². The molecule has 1 unspecified atom stereocenters. The van der Waals surface area contributed by atoms with Gasteiger partial charge in [-0.15, -0.1) is 0 Å². The predicted molar refractivity (Wildman–Crippen MR) is 80.3 cm³/mol. The van der Waals surface area contributed by atoms with Crippen molar-refractivity contribution in [3.8, 4) is 0 Å². The van der Waals surface area contributed by atoms with Gasteiger partial charge >= 0.3 is 5.97 Å². The maximum absolute atomic E-state index is 12.5. The number of carboxylic acids is 1. The van der Waals surface area contributed by atoms with Crippen molar-refractivity contribution in [1.29, 1.82) is 0 Å². The Kier molecular flexibility index (Phi) is 5.89. The lowest BCUT2D eigenvalue weighted by atomic mass is 10.1. The molecular formula is C16H21FN2O3. The first-order valence-electron chi connectivity index (χ1n) is 7.46.